The number of amides is 2. The lowest BCUT2D eigenvalue weighted by Gasteiger charge is -2.25. The summed E-state index contributed by atoms with van der Waals surface area (Å²) in [6.07, 6.45) is 5.32. The average molecular weight is 501 g/mol. The third-order valence-corrected chi connectivity index (χ3v) is 6.52. The number of carbonyl (C=O) groups is 2. The molecule has 0 saturated carbocycles. The van der Waals surface area contributed by atoms with E-state index in [-0.39, 0.29) is 25.1 Å². The molecular formula is C23H25ClN6O5. The van der Waals surface area contributed by atoms with Gasteiger partial charge in [-0.2, -0.15) is 5.10 Å². The lowest BCUT2D eigenvalue weighted by atomic mass is 10.0. The third kappa shape index (κ3) is 4.69. The van der Waals surface area contributed by atoms with E-state index >= 15 is 0 Å². The summed E-state index contributed by atoms with van der Waals surface area (Å²) in [6, 6.07) is 4.91. The van der Waals surface area contributed by atoms with E-state index in [1.807, 2.05) is 4.57 Å². The van der Waals surface area contributed by atoms with Gasteiger partial charge in [-0.3, -0.25) is 4.79 Å². The van der Waals surface area contributed by atoms with Crippen molar-refractivity contribution in [3.8, 4) is 11.4 Å². The van der Waals surface area contributed by atoms with Crippen LogP contribution in [0, 0.1) is 0 Å². The highest BCUT2D eigenvalue weighted by Gasteiger charge is 2.29. The molecule has 184 valence electrons. The number of nitrogens with zero attached hydrogens (tertiary/aromatic N) is 4. The van der Waals surface area contributed by atoms with E-state index in [1.54, 1.807) is 35.4 Å². The number of rotatable bonds is 7. The number of imidazole rings is 1. The van der Waals surface area contributed by atoms with Crippen molar-refractivity contribution in [3.05, 3.63) is 58.4 Å². The van der Waals surface area contributed by atoms with Crippen LogP contribution in [0.25, 0.3) is 5.69 Å². The maximum absolute atomic E-state index is 13.0. The molecule has 0 saturated heterocycles. The molecule has 35 heavy (non-hydrogen) atoms. The Kier molecular flexibility index (Phi) is 6.60. The van der Waals surface area contributed by atoms with Crippen LogP contribution in [0.3, 0.4) is 0 Å². The van der Waals surface area contributed by atoms with Crippen molar-refractivity contribution < 1.29 is 24.2 Å². The summed E-state index contributed by atoms with van der Waals surface area (Å²) >= 11 is 6.60. The molecule has 0 fully saturated rings. The summed E-state index contributed by atoms with van der Waals surface area (Å²) in [5.41, 5.74) is 3.67. The van der Waals surface area contributed by atoms with Gasteiger partial charge in [0.25, 0.3) is 5.91 Å². The van der Waals surface area contributed by atoms with Gasteiger partial charge in [-0.1, -0.05) is 17.7 Å². The predicted octanol–water partition coefficient (Wildman–Crippen LogP) is 2.71. The number of ether oxygens (including phenoxy) is 2. The number of hydrogen-bond donors (Lipinski definition) is 3. The molecule has 0 radical (unpaired) electrons. The molecule has 1 atom stereocenters. The number of aromatic nitrogens is 4. The van der Waals surface area contributed by atoms with Gasteiger partial charge in [0.2, 0.25) is 0 Å². The second kappa shape index (κ2) is 9.96. The highest BCUT2D eigenvalue weighted by atomic mass is 35.5. The monoisotopic (exact) mass is 500 g/mol. The standard InChI is InChI=1S/C23H25ClN6O5/c24-20-16(5-3-6-19(20)35-9-7-25-23(32)33)30-18-12-34-11-15(14(18)10-27-30)28-22(31)21-17-4-1-2-8-29(17)13-26-21/h3,5-6,10,13,15,25H,1-2,4,7-9,11-12H2,(H,28,31)(H,32,33)/t15-/m1/s1. The highest BCUT2D eigenvalue weighted by Crippen LogP contribution is 2.34. The van der Waals surface area contributed by atoms with Gasteiger partial charge in [0, 0.05) is 12.1 Å². The Bertz CT molecular complexity index is 1260. The number of halogens is 1. The molecule has 3 aromatic rings. The molecule has 0 unspecified atom stereocenters. The second-order valence-corrected chi connectivity index (χ2v) is 8.74. The Hall–Kier alpha value is -3.57. The molecule has 5 rings (SSSR count). The van der Waals surface area contributed by atoms with E-state index in [1.165, 1.54) is 0 Å². The van der Waals surface area contributed by atoms with Crippen molar-refractivity contribution >= 4 is 23.6 Å². The number of fused-ring (bicyclic) bond motifs is 2. The number of aryl methyl sites for hydroxylation is 1. The highest BCUT2D eigenvalue weighted by molar-refractivity contribution is 6.33. The van der Waals surface area contributed by atoms with E-state index in [4.69, 9.17) is 26.2 Å². The second-order valence-electron chi connectivity index (χ2n) is 8.36. The average Bonchev–Trinajstić information content (AvgIpc) is 3.48. The van der Waals surface area contributed by atoms with Crippen LogP contribution in [0.1, 0.15) is 46.3 Å². The largest absolute Gasteiger partial charge is 0.490 e. The van der Waals surface area contributed by atoms with Crippen LogP contribution in [0.4, 0.5) is 4.79 Å². The number of carboxylic acid groups (broad SMARTS) is 1. The molecule has 11 nitrogen and oxygen atoms in total. The van der Waals surface area contributed by atoms with E-state index in [0.29, 0.717) is 35.4 Å². The maximum Gasteiger partial charge on any atom is 0.404 e. The fourth-order valence-corrected chi connectivity index (χ4v) is 4.72. The summed E-state index contributed by atoms with van der Waals surface area (Å²) in [5, 5.41) is 18.8. The number of carbonyl (C=O) groups excluding carboxylic acids is 1. The zero-order valence-electron chi connectivity index (χ0n) is 18.9. The molecular weight excluding hydrogens is 476 g/mol. The van der Waals surface area contributed by atoms with Crippen LogP contribution in [-0.2, 0) is 24.3 Å². The lowest BCUT2D eigenvalue weighted by molar-refractivity contribution is 0.0684. The zero-order chi connectivity index (χ0) is 24.4. The number of hydrogen-bond acceptors (Lipinski definition) is 6. The van der Waals surface area contributed by atoms with Gasteiger partial charge in [-0.25, -0.2) is 14.5 Å². The smallest absolute Gasteiger partial charge is 0.404 e. The lowest BCUT2D eigenvalue weighted by Crippen LogP contribution is -2.35. The van der Waals surface area contributed by atoms with Crippen molar-refractivity contribution in [2.45, 2.75) is 38.5 Å². The summed E-state index contributed by atoms with van der Waals surface area (Å²) < 4.78 is 15.2. The predicted molar refractivity (Wildman–Crippen MR) is 125 cm³/mol. The Morgan fingerprint density at radius 2 is 2.17 bits per heavy atom. The van der Waals surface area contributed by atoms with Crippen LogP contribution < -0.4 is 15.4 Å². The minimum absolute atomic E-state index is 0.127. The van der Waals surface area contributed by atoms with Gasteiger partial charge in [0.1, 0.15) is 23.1 Å². The fraction of sp³-hybridized carbons (Fsp3) is 0.391. The molecule has 2 amide bonds. The topological polar surface area (TPSA) is 133 Å². The molecule has 2 aromatic heterocycles. The summed E-state index contributed by atoms with van der Waals surface area (Å²) in [6.45, 7) is 1.78. The van der Waals surface area contributed by atoms with Crippen LogP contribution in [-0.4, -0.2) is 56.2 Å². The normalized spacial score (nSPS) is 16.8. The van der Waals surface area contributed by atoms with Crippen molar-refractivity contribution in [1.29, 1.82) is 0 Å². The van der Waals surface area contributed by atoms with Crippen molar-refractivity contribution in [1.82, 2.24) is 30.0 Å². The Labute approximate surface area is 206 Å². The molecule has 4 heterocycles. The molecule has 1 aromatic carbocycles. The molecule has 2 aliphatic heterocycles. The fourth-order valence-electron chi connectivity index (χ4n) is 4.46. The first-order valence-corrected chi connectivity index (χ1v) is 11.8. The van der Waals surface area contributed by atoms with Crippen molar-refractivity contribution in [2.24, 2.45) is 0 Å². The molecule has 0 bridgehead atoms. The minimum Gasteiger partial charge on any atom is -0.490 e. The van der Waals surface area contributed by atoms with E-state index in [9.17, 15) is 9.59 Å². The van der Waals surface area contributed by atoms with Crippen molar-refractivity contribution in [2.75, 3.05) is 19.8 Å². The first-order valence-electron chi connectivity index (χ1n) is 11.4. The number of benzene rings is 1. The first-order chi connectivity index (χ1) is 17.0. The van der Waals surface area contributed by atoms with Crippen LogP contribution >= 0.6 is 11.6 Å². The van der Waals surface area contributed by atoms with Gasteiger partial charge >= 0.3 is 6.09 Å². The van der Waals surface area contributed by atoms with Gasteiger partial charge in [-0.05, 0) is 31.4 Å². The molecule has 3 N–H and O–H groups in total. The molecule has 2 aliphatic rings. The van der Waals surface area contributed by atoms with Crippen LogP contribution in [0.2, 0.25) is 5.02 Å². The Morgan fingerprint density at radius 1 is 1.29 bits per heavy atom. The maximum atomic E-state index is 13.0. The minimum atomic E-state index is -1.12. The van der Waals surface area contributed by atoms with Gasteiger partial charge < -0.3 is 29.8 Å². The quantitative estimate of drug-likeness (QED) is 0.425. The zero-order valence-corrected chi connectivity index (χ0v) is 19.6. The SMILES string of the molecule is O=C(O)NCCOc1cccc(-n2ncc3c2COC[C@H]3NC(=O)c2ncn3c2CCCC3)c1Cl. The van der Waals surface area contributed by atoms with E-state index < -0.39 is 6.09 Å². The van der Waals surface area contributed by atoms with Crippen LogP contribution in [0.5, 0.6) is 5.75 Å². The molecule has 0 aliphatic carbocycles. The number of nitrogens with one attached hydrogen (secondary N) is 2. The summed E-state index contributed by atoms with van der Waals surface area (Å²) in [5.74, 6) is 0.185. The van der Waals surface area contributed by atoms with Gasteiger partial charge in [-0.15, -0.1) is 0 Å². The van der Waals surface area contributed by atoms with E-state index in [2.05, 4.69) is 20.7 Å². The molecule has 0 spiro atoms. The summed E-state index contributed by atoms with van der Waals surface area (Å²) in [4.78, 5) is 28.0. The first kappa shape index (κ1) is 23.2. The molecule has 12 heteroatoms. The Balaban J connectivity index is 1.34. The van der Waals surface area contributed by atoms with Crippen molar-refractivity contribution in [3.63, 3.8) is 0 Å². The van der Waals surface area contributed by atoms with Gasteiger partial charge in [0.15, 0.2) is 0 Å². The summed E-state index contributed by atoms with van der Waals surface area (Å²) in [7, 11) is 0. The Morgan fingerprint density at radius 3 is 3.03 bits per heavy atom. The van der Waals surface area contributed by atoms with Gasteiger partial charge in [0.05, 0.1) is 55.4 Å². The third-order valence-electron chi connectivity index (χ3n) is 6.14. The van der Waals surface area contributed by atoms with Crippen LogP contribution in [0.15, 0.2) is 30.7 Å². The van der Waals surface area contributed by atoms with E-state index in [0.717, 1.165) is 42.8 Å².